The molecule has 1 aromatic carbocycles. The zero-order valence-electron chi connectivity index (χ0n) is 14.7. The normalized spacial score (nSPS) is 14.2. The number of carbonyl (C=O) groups is 3. The van der Waals surface area contributed by atoms with Crippen LogP contribution in [-0.4, -0.2) is 47.1 Å². The summed E-state index contributed by atoms with van der Waals surface area (Å²) >= 11 is 3.11. The molecule has 3 rings (SSSR count). The molecule has 2 amide bonds. The van der Waals surface area contributed by atoms with Gasteiger partial charge in [0, 0.05) is 41.2 Å². The third kappa shape index (κ3) is 4.16. The summed E-state index contributed by atoms with van der Waals surface area (Å²) in [4.78, 5) is 38.9. The molecule has 0 radical (unpaired) electrons. The van der Waals surface area contributed by atoms with Gasteiger partial charge in [0.2, 0.25) is 0 Å². The number of anilines is 1. The number of nitrogens with zero attached hydrogens (tertiary/aromatic N) is 1. The minimum Gasteiger partial charge on any atom is -0.337 e. The number of rotatable bonds is 4. The molecule has 1 aromatic heterocycles. The SMILES string of the molecule is CC(=O)c1cc(C(=O)Nc2cc(C(=O)N3CCSCC3)ccc2C)cs1. The van der Waals surface area contributed by atoms with Gasteiger partial charge in [-0.05, 0) is 37.6 Å². The first-order chi connectivity index (χ1) is 12.5. The van der Waals surface area contributed by atoms with Crippen molar-refractivity contribution in [3.63, 3.8) is 0 Å². The summed E-state index contributed by atoms with van der Waals surface area (Å²) in [7, 11) is 0. The first-order valence-electron chi connectivity index (χ1n) is 8.34. The second kappa shape index (κ2) is 8.05. The monoisotopic (exact) mass is 388 g/mol. The number of carbonyl (C=O) groups excluding carboxylic acids is 3. The second-order valence-electron chi connectivity index (χ2n) is 6.14. The van der Waals surface area contributed by atoms with Crippen molar-refractivity contribution >= 4 is 46.4 Å². The van der Waals surface area contributed by atoms with Crippen LogP contribution in [0.2, 0.25) is 0 Å². The van der Waals surface area contributed by atoms with Gasteiger partial charge in [0.05, 0.1) is 10.4 Å². The molecular weight excluding hydrogens is 368 g/mol. The molecule has 0 unspecified atom stereocenters. The Morgan fingerprint density at radius 1 is 1.08 bits per heavy atom. The topological polar surface area (TPSA) is 66.5 Å². The van der Waals surface area contributed by atoms with Crippen molar-refractivity contribution in [2.75, 3.05) is 29.9 Å². The van der Waals surface area contributed by atoms with Crippen molar-refractivity contribution in [3.05, 3.63) is 51.2 Å². The van der Waals surface area contributed by atoms with Gasteiger partial charge < -0.3 is 10.2 Å². The zero-order chi connectivity index (χ0) is 18.7. The van der Waals surface area contributed by atoms with Crippen molar-refractivity contribution in [1.82, 2.24) is 4.90 Å². The molecule has 0 aliphatic carbocycles. The maximum Gasteiger partial charge on any atom is 0.256 e. The predicted molar refractivity (Wildman–Crippen MR) is 107 cm³/mol. The van der Waals surface area contributed by atoms with Crippen LogP contribution in [0.15, 0.2) is 29.6 Å². The van der Waals surface area contributed by atoms with Gasteiger partial charge in [-0.1, -0.05) is 6.07 Å². The molecule has 1 aliphatic heterocycles. The third-order valence-electron chi connectivity index (χ3n) is 4.24. The van der Waals surface area contributed by atoms with Crippen molar-refractivity contribution in [2.24, 2.45) is 0 Å². The number of hydrogen-bond acceptors (Lipinski definition) is 5. The van der Waals surface area contributed by atoms with Crippen LogP contribution in [0.25, 0.3) is 0 Å². The van der Waals surface area contributed by atoms with Crippen LogP contribution >= 0.6 is 23.1 Å². The lowest BCUT2D eigenvalue weighted by molar-refractivity contribution is 0.0771. The fourth-order valence-electron chi connectivity index (χ4n) is 2.67. The van der Waals surface area contributed by atoms with E-state index in [0.717, 1.165) is 30.2 Å². The molecular formula is C19H20N2O3S2. The van der Waals surface area contributed by atoms with E-state index in [2.05, 4.69) is 5.32 Å². The van der Waals surface area contributed by atoms with E-state index in [4.69, 9.17) is 0 Å². The Morgan fingerprint density at radius 3 is 2.46 bits per heavy atom. The van der Waals surface area contributed by atoms with Crippen LogP contribution < -0.4 is 5.32 Å². The number of nitrogens with one attached hydrogen (secondary N) is 1. The fraction of sp³-hybridized carbons (Fsp3) is 0.316. The van der Waals surface area contributed by atoms with E-state index < -0.39 is 0 Å². The van der Waals surface area contributed by atoms with Crippen LogP contribution in [0.5, 0.6) is 0 Å². The Labute approximate surface area is 160 Å². The van der Waals surface area contributed by atoms with E-state index in [1.165, 1.54) is 18.3 Å². The van der Waals surface area contributed by atoms with Gasteiger partial charge in [0.15, 0.2) is 5.78 Å². The summed E-state index contributed by atoms with van der Waals surface area (Å²) in [6.07, 6.45) is 0. The van der Waals surface area contributed by atoms with Gasteiger partial charge in [0.25, 0.3) is 11.8 Å². The number of hydrogen-bond donors (Lipinski definition) is 1. The highest BCUT2D eigenvalue weighted by Gasteiger charge is 2.20. The minimum absolute atomic E-state index is 0.00445. The molecule has 5 nitrogen and oxygen atoms in total. The summed E-state index contributed by atoms with van der Waals surface area (Å²) in [5.41, 5.74) is 2.52. The highest BCUT2D eigenvalue weighted by Crippen LogP contribution is 2.22. The Kier molecular flexibility index (Phi) is 5.78. The predicted octanol–water partition coefficient (Wildman–Crippen LogP) is 3.70. The molecule has 1 aliphatic rings. The van der Waals surface area contributed by atoms with Crippen LogP contribution in [0.1, 0.15) is 42.9 Å². The van der Waals surface area contributed by atoms with Gasteiger partial charge in [-0.25, -0.2) is 0 Å². The highest BCUT2D eigenvalue weighted by molar-refractivity contribution is 7.99. The van der Waals surface area contributed by atoms with E-state index >= 15 is 0 Å². The molecule has 7 heteroatoms. The molecule has 2 aromatic rings. The molecule has 2 heterocycles. The van der Waals surface area contributed by atoms with E-state index in [-0.39, 0.29) is 17.6 Å². The summed E-state index contributed by atoms with van der Waals surface area (Å²) < 4.78 is 0. The summed E-state index contributed by atoms with van der Waals surface area (Å²) in [5, 5.41) is 4.53. The van der Waals surface area contributed by atoms with Crippen molar-refractivity contribution < 1.29 is 14.4 Å². The number of thioether (sulfide) groups is 1. The molecule has 1 N–H and O–H groups in total. The first kappa shape index (κ1) is 18.7. The number of aryl methyl sites for hydroxylation is 1. The standard InChI is InChI=1S/C19H20N2O3S2/c1-12-3-4-14(19(24)21-5-7-25-8-6-21)9-16(12)20-18(23)15-10-17(13(2)22)26-11-15/h3-4,9-11H,5-8H2,1-2H3,(H,20,23). The van der Waals surface area contributed by atoms with Gasteiger partial charge in [-0.2, -0.15) is 11.8 Å². The third-order valence-corrected chi connectivity index (χ3v) is 6.21. The maximum atomic E-state index is 12.7. The number of thiophene rings is 1. The highest BCUT2D eigenvalue weighted by atomic mass is 32.2. The van der Waals surface area contributed by atoms with E-state index in [1.807, 2.05) is 29.7 Å². The molecule has 0 atom stereocenters. The number of amides is 2. The summed E-state index contributed by atoms with van der Waals surface area (Å²) in [5.74, 6) is 1.57. The van der Waals surface area contributed by atoms with Gasteiger partial charge in [0.1, 0.15) is 0 Å². The van der Waals surface area contributed by atoms with Crippen LogP contribution in [0, 0.1) is 6.92 Å². The lowest BCUT2D eigenvalue weighted by atomic mass is 10.1. The van der Waals surface area contributed by atoms with E-state index in [0.29, 0.717) is 21.7 Å². The smallest absolute Gasteiger partial charge is 0.256 e. The van der Waals surface area contributed by atoms with Gasteiger partial charge in [-0.15, -0.1) is 11.3 Å². The zero-order valence-corrected chi connectivity index (χ0v) is 16.3. The van der Waals surface area contributed by atoms with Crippen molar-refractivity contribution in [1.29, 1.82) is 0 Å². The molecule has 0 spiro atoms. The van der Waals surface area contributed by atoms with E-state index in [9.17, 15) is 14.4 Å². The first-order valence-corrected chi connectivity index (χ1v) is 10.4. The Bertz CT molecular complexity index is 854. The summed E-state index contributed by atoms with van der Waals surface area (Å²) in [6, 6.07) is 6.97. The molecule has 0 saturated carbocycles. The molecule has 1 fully saturated rings. The molecule has 136 valence electrons. The maximum absolute atomic E-state index is 12.7. The average Bonchev–Trinajstić information content (AvgIpc) is 3.14. The number of ketones is 1. The van der Waals surface area contributed by atoms with Gasteiger partial charge in [-0.3, -0.25) is 14.4 Å². The molecule has 1 saturated heterocycles. The lowest BCUT2D eigenvalue weighted by Crippen LogP contribution is -2.37. The van der Waals surface area contributed by atoms with Crippen molar-refractivity contribution in [2.45, 2.75) is 13.8 Å². The Morgan fingerprint density at radius 2 is 1.81 bits per heavy atom. The summed E-state index contributed by atoms with van der Waals surface area (Å²) in [6.45, 7) is 4.87. The van der Waals surface area contributed by atoms with Gasteiger partial charge >= 0.3 is 0 Å². The lowest BCUT2D eigenvalue weighted by Gasteiger charge is -2.26. The average molecular weight is 389 g/mol. The number of Topliss-reactive ketones (excluding diaryl/α,β-unsaturated/α-hetero) is 1. The second-order valence-corrected chi connectivity index (χ2v) is 8.28. The Balaban J connectivity index is 1.77. The minimum atomic E-state index is -0.282. The van der Waals surface area contributed by atoms with Crippen LogP contribution in [-0.2, 0) is 0 Å². The molecule has 0 bridgehead atoms. The fourth-order valence-corrected chi connectivity index (χ4v) is 4.37. The van der Waals surface area contributed by atoms with E-state index in [1.54, 1.807) is 23.6 Å². The van der Waals surface area contributed by atoms with Crippen LogP contribution in [0.3, 0.4) is 0 Å². The van der Waals surface area contributed by atoms with Crippen LogP contribution in [0.4, 0.5) is 5.69 Å². The van der Waals surface area contributed by atoms with Crippen molar-refractivity contribution in [3.8, 4) is 0 Å². The quantitative estimate of drug-likeness (QED) is 0.811. The number of benzene rings is 1. The molecule has 26 heavy (non-hydrogen) atoms. The Hall–Kier alpha value is -2.12. The largest absolute Gasteiger partial charge is 0.337 e.